The van der Waals surface area contributed by atoms with E-state index in [9.17, 15) is 0 Å². The second-order valence-corrected chi connectivity index (χ2v) is 5.94. The summed E-state index contributed by atoms with van der Waals surface area (Å²) in [5.74, 6) is 0. The van der Waals surface area contributed by atoms with E-state index in [-0.39, 0.29) is 0 Å². The molecule has 0 amide bonds. The average molecular weight is 269 g/mol. The van der Waals surface area contributed by atoms with Crippen molar-refractivity contribution in [3.8, 4) is 5.69 Å². The van der Waals surface area contributed by atoms with Gasteiger partial charge in [-0.05, 0) is 58.2 Å². The highest BCUT2D eigenvalue weighted by molar-refractivity contribution is 5.50. The molecule has 1 aromatic heterocycles. The zero-order valence-electron chi connectivity index (χ0n) is 12.8. The van der Waals surface area contributed by atoms with Crippen molar-refractivity contribution < 1.29 is 0 Å². The van der Waals surface area contributed by atoms with Crippen LogP contribution in [-0.4, -0.2) is 16.8 Å². The summed E-state index contributed by atoms with van der Waals surface area (Å²) in [5.41, 5.74) is 7.94. The van der Waals surface area contributed by atoms with Gasteiger partial charge in [0.2, 0.25) is 0 Å². The molecule has 3 nitrogen and oxygen atoms in total. The minimum Gasteiger partial charge on any atom is -0.313 e. The second kappa shape index (κ2) is 5.06. The highest BCUT2D eigenvalue weighted by Crippen LogP contribution is 2.32. The summed E-state index contributed by atoms with van der Waals surface area (Å²) in [4.78, 5) is 0. The molecule has 1 N–H and O–H groups in total. The zero-order chi connectivity index (χ0) is 14.3. The van der Waals surface area contributed by atoms with Gasteiger partial charge in [0.15, 0.2) is 0 Å². The molecule has 0 saturated heterocycles. The average Bonchev–Trinajstić information content (AvgIpc) is 2.81. The lowest BCUT2D eigenvalue weighted by Crippen LogP contribution is -2.22. The van der Waals surface area contributed by atoms with Crippen molar-refractivity contribution in [3.63, 3.8) is 0 Å². The van der Waals surface area contributed by atoms with Crippen molar-refractivity contribution in [1.29, 1.82) is 0 Å². The van der Waals surface area contributed by atoms with Gasteiger partial charge in [0, 0.05) is 17.3 Å². The molecule has 0 fully saturated rings. The highest BCUT2D eigenvalue weighted by Gasteiger charge is 2.24. The van der Waals surface area contributed by atoms with Crippen LogP contribution in [0.4, 0.5) is 0 Å². The summed E-state index contributed by atoms with van der Waals surface area (Å²) in [6, 6.07) is 4.95. The SMILES string of the molecule is CNC1CCCc2c1cnn2-c1c(C)cc(C)cc1C. The van der Waals surface area contributed by atoms with E-state index in [0.717, 1.165) is 6.42 Å². The molecular weight excluding hydrogens is 246 g/mol. The van der Waals surface area contributed by atoms with Gasteiger partial charge in [0.1, 0.15) is 0 Å². The van der Waals surface area contributed by atoms with Crippen LogP contribution < -0.4 is 5.32 Å². The lowest BCUT2D eigenvalue weighted by molar-refractivity contribution is 0.490. The number of nitrogens with zero attached hydrogens (tertiary/aromatic N) is 2. The Morgan fingerprint density at radius 3 is 2.55 bits per heavy atom. The summed E-state index contributed by atoms with van der Waals surface area (Å²) in [5, 5.41) is 8.10. The van der Waals surface area contributed by atoms with Gasteiger partial charge in [-0.3, -0.25) is 0 Å². The van der Waals surface area contributed by atoms with Crippen LogP contribution in [0.3, 0.4) is 0 Å². The first kappa shape index (κ1) is 13.4. The molecule has 1 heterocycles. The van der Waals surface area contributed by atoms with Crippen LogP contribution >= 0.6 is 0 Å². The molecule has 2 aromatic rings. The molecule has 1 atom stereocenters. The van der Waals surface area contributed by atoms with E-state index < -0.39 is 0 Å². The Labute approximate surface area is 121 Å². The van der Waals surface area contributed by atoms with Crippen molar-refractivity contribution in [2.75, 3.05) is 7.05 Å². The molecule has 1 aliphatic rings. The van der Waals surface area contributed by atoms with Crippen LogP contribution in [0.1, 0.15) is 46.8 Å². The van der Waals surface area contributed by atoms with Crippen molar-refractivity contribution in [1.82, 2.24) is 15.1 Å². The fourth-order valence-electron chi connectivity index (χ4n) is 3.56. The quantitative estimate of drug-likeness (QED) is 0.905. The largest absolute Gasteiger partial charge is 0.313 e. The van der Waals surface area contributed by atoms with Gasteiger partial charge in [-0.15, -0.1) is 0 Å². The Morgan fingerprint density at radius 1 is 1.20 bits per heavy atom. The van der Waals surface area contributed by atoms with E-state index in [0.29, 0.717) is 6.04 Å². The molecule has 3 rings (SSSR count). The lowest BCUT2D eigenvalue weighted by atomic mass is 9.93. The van der Waals surface area contributed by atoms with E-state index in [4.69, 9.17) is 5.10 Å². The van der Waals surface area contributed by atoms with Crippen LogP contribution in [0.2, 0.25) is 0 Å². The third-order valence-electron chi connectivity index (χ3n) is 4.38. The molecule has 20 heavy (non-hydrogen) atoms. The molecule has 1 unspecified atom stereocenters. The number of nitrogens with one attached hydrogen (secondary N) is 1. The number of fused-ring (bicyclic) bond motifs is 1. The van der Waals surface area contributed by atoms with Gasteiger partial charge in [0.05, 0.1) is 11.9 Å². The summed E-state index contributed by atoms with van der Waals surface area (Å²) < 4.78 is 2.17. The summed E-state index contributed by atoms with van der Waals surface area (Å²) in [7, 11) is 2.04. The van der Waals surface area contributed by atoms with Crippen molar-refractivity contribution in [2.24, 2.45) is 0 Å². The monoisotopic (exact) mass is 269 g/mol. The minimum absolute atomic E-state index is 0.457. The lowest BCUT2D eigenvalue weighted by Gasteiger charge is -2.23. The molecule has 0 bridgehead atoms. The number of benzene rings is 1. The topological polar surface area (TPSA) is 29.9 Å². The van der Waals surface area contributed by atoms with E-state index in [1.54, 1.807) is 0 Å². The minimum atomic E-state index is 0.457. The molecule has 0 saturated carbocycles. The molecular formula is C17H23N3. The first-order valence-electron chi connectivity index (χ1n) is 7.44. The standard InChI is InChI=1S/C17H23N3/c1-11-8-12(2)17(13(3)9-11)20-16-7-5-6-15(18-4)14(16)10-19-20/h8-10,15,18H,5-7H2,1-4H3. The number of rotatable bonds is 2. The first-order valence-corrected chi connectivity index (χ1v) is 7.44. The molecule has 1 aromatic carbocycles. The fourth-order valence-corrected chi connectivity index (χ4v) is 3.56. The number of hydrogen-bond donors (Lipinski definition) is 1. The Kier molecular flexibility index (Phi) is 3.38. The van der Waals surface area contributed by atoms with E-state index in [2.05, 4.69) is 42.9 Å². The van der Waals surface area contributed by atoms with E-state index in [1.807, 2.05) is 13.2 Å². The van der Waals surface area contributed by atoms with Crippen molar-refractivity contribution in [2.45, 2.75) is 46.1 Å². The molecule has 0 aliphatic heterocycles. The Bertz CT molecular complexity index is 617. The van der Waals surface area contributed by atoms with Gasteiger partial charge >= 0.3 is 0 Å². The Hall–Kier alpha value is -1.61. The van der Waals surface area contributed by atoms with Crippen LogP contribution in [0.5, 0.6) is 0 Å². The van der Waals surface area contributed by atoms with Crippen LogP contribution in [-0.2, 0) is 6.42 Å². The van der Waals surface area contributed by atoms with Gasteiger partial charge in [-0.1, -0.05) is 17.7 Å². The maximum atomic E-state index is 4.69. The Balaban J connectivity index is 2.15. The predicted octanol–water partition coefficient (Wildman–Crippen LogP) is 3.39. The molecule has 106 valence electrons. The van der Waals surface area contributed by atoms with Gasteiger partial charge in [-0.2, -0.15) is 5.10 Å². The van der Waals surface area contributed by atoms with Crippen molar-refractivity contribution >= 4 is 0 Å². The van der Waals surface area contributed by atoms with Crippen LogP contribution in [0.25, 0.3) is 5.69 Å². The predicted molar refractivity (Wildman–Crippen MR) is 82.5 cm³/mol. The maximum Gasteiger partial charge on any atom is 0.0707 e. The zero-order valence-corrected chi connectivity index (χ0v) is 12.8. The fraction of sp³-hybridized carbons (Fsp3) is 0.471. The smallest absolute Gasteiger partial charge is 0.0707 e. The van der Waals surface area contributed by atoms with Gasteiger partial charge in [0.25, 0.3) is 0 Å². The molecule has 0 spiro atoms. The van der Waals surface area contributed by atoms with Crippen LogP contribution in [0, 0.1) is 20.8 Å². The summed E-state index contributed by atoms with van der Waals surface area (Å²) in [6.07, 6.45) is 5.61. The summed E-state index contributed by atoms with van der Waals surface area (Å²) in [6.45, 7) is 6.52. The van der Waals surface area contributed by atoms with Crippen molar-refractivity contribution in [3.05, 3.63) is 46.3 Å². The van der Waals surface area contributed by atoms with E-state index >= 15 is 0 Å². The number of aromatic nitrogens is 2. The van der Waals surface area contributed by atoms with Gasteiger partial charge < -0.3 is 5.32 Å². The molecule has 0 radical (unpaired) electrons. The third kappa shape index (κ3) is 2.06. The van der Waals surface area contributed by atoms with Crippen LogP contribution in [0.15, 0.2) is 18.3 Å². The Morgan fingerprint density at radius 2 is 1.90 bits per heavy atom. The van der Waals surface area contributed by atoms with E-state index in [1.165, 1.54) is 46.5 Å². The number of hydrogen-bond acceptors (Lipinski definition) is 2. The molecule has 3 heteroatoms. The highest BCUT2D eigenvalue weighted by atomic mass is 15.3. The van der Waals surface area contributed by atoms with Gasteiger partial charge in [-0.25, -0.2) is 4.68 Å². The first-order chi connectivity index (χ1) is 9.61. The normalized spacial score (nSPS) is 18.1. The number of aryl methyl sites for hydroxylation is 3. The maximum absolute atomic E-state index is 4.69. The second-order valence-electron chi connectivity index (χ2n) is 5.94. The third-order valence-corrected chi connectivity index (χ3v) is 4.38. The molecule has 1 aliphatic carbocycles. The summed E-state index contributed by atoms with van der Waals surface area (Å²) >= 11 is 0.